The number of benzene rings is 1. The van der Waals surface area contributed by atoms with Gasteiger partial charge in [-0.25, -0.2) is 4.79 Å². The molecule has 1 saturated heterocycles. The third-order valence-corrected chi connectivity index (χ3v) is 4.68. The second-order valence-electron chi connectivity index (χ2n) is 6.88. The van der Waals surface area contributed by atoms with Crippen molar-refractivity contribution in [1.82, 2.24) is 20.1 Å². The molecule has 3 rings (SSSR count). The van der Waals surface area contributed by atoms with E-state index in [1.165, 1.54) is 4.90 Å². The van der Waals surface area contributed by atoms with E-state index in [4.69, 9.17) is 0 Å². The number of aromatic nitrogens is 1. The lowest BCUT2D eigenvalue weighted by molar-refractivity contribution is -0.129. The zero-order valence-electron chi connectivity index (χ0n) is 15.1. The molecule has 2 heterocycles. The first-order valence-electron chi connectivity index (χ1n) is 8.69. The molecule has 0 radical (unpaired) electrons. The molecule has 0 saturated carbocycles. The van der Waals surface area contributed by atoms with Gasteiger partial charge in [-0.3, -0.25) is 9.78 Å². The molecule has 138 valence electrons. The number of hydrogen-bond donors (Lipinski definition) is 2. The van der Waals surface area contributed by atoms with E-state index in [0.717, 1.165) is 16.6 Å². The van der Waals surface area contributed by atoms with Crippen molar-refractivity contribution < 1.29 is 14.7 Å². The fraction of sp³-hybridized carbons (Fsp3) is 0.421. The third-order valence-electron chi connectivity index (χ3n) is 4.68. The Hall–Kier alpha value is -2.67. The van der Waals surface area contributed by atoms with Crippen LogP contribution in [0, 0.1) is 5.92 Å². The van der Waals surface area contributed by atoms with Crippen LogP contribution >= 0.6 is 0 Å². The van der Waals surface area contributed by atoms with Crippen LogP contribution in [0.5, 0.6) is 0 Å². The van der Waals surface area contributed by atoms with E-state index in [2.05, 4.69) is 10.3 Å². The fourth-order valence-electron chi connectivity index (χ4n) is 3.17. The van der Waals surface area contributed by atoms with Crippen LogP contribution in [-0.2, 0) is 11.2 Å². The molecule has 7 nitrogen and oxygen atoms in total. The van der Waals surface area contributed by atoms with Crippen molar-refractivity contribution in [2.75, 3.05) is 33.7 Å². The van der Waals surface area contributed by atoms with E-state index in [9.17, 15) is 14.7 Å². The van der Waals surface area contributed by atoms with Crippen molar-refractivity contribution in [2.45, 2.75) is 12.5 Å². The second-order valence-corrected chi connectivity index (χ2v) is 6.88. The minimum atomic E-state index is -0.586. The Kier molecular flexibility index (Phi) is 5.37. The molecule has 0 spiro atoms. The van der Waals surface area contributed by atoms with Gasteiger partial charge >= 0.3 is 6.03 Å². The van der Waals surface area contributed by atoms with Gasteiger partial charge in [0.2, 0.25) is 5.91 Å². The quantitative estimate of drug-likeness (QED) is 0.851. The minimum Gasteiger partial charge on any atom is -0.391 e. The highest BCUT2D eigenvalue weighted by atomic mass is 16.3. The number of aliphatic hydroxyl groups is 1. The largest absolute Gasteiger partial charge is 0.391 e. The van der Waals surface area contributed by atoms with Gasteiger partial charge in [0.05, 0.1) is 18.2 Å². The number of carbonyl (C=O) groups is 2. The van der Waals surface area contributed by atoms with Crippen molar-refractivity contribution >= 4 is 22.8 Å². The van der Waals surface area contributed by atoms with Crippen LogP contribution in [0.4, 0.5) is 4.79 Å². The van der Waals surface area contributed by atoms with Crippen LogP contribution in [0.3, 0.4) is 0 Å². The maximum Gasteiger partial charge on any atom is 0.317 e. The second kappa shape index (κ2) is 7.70. The Balaban J connectivity index is 1.59. The monoisotopic (exact) mass is 356 g/mol. The lowest BCUT2D eigenvalue weighted by atomic mass is 9.99. The van der Waals surface area contributed by atoms with Crippen LogP contribution in [0.15, 0.2) is 36.4 Å². The van der Waals surface area contributed by atoms with Gasteiger partial charge in [0, 0.05) is 44.2 Å². The zero-order chi connectivity index (χ0) is 18.7. The van der Waals surface area contributed by atoms with Gasteiger partial charge in [0.25, 0.3) is 0 Å². The summed E-state index contributed by atoms with van der Waals surface area (Å²) >= 11 is 0. The highest BCUT2D eigenvalue weighted by molar-refractivity contribution is 5.84. The Morgan fingerprint density at radius 2 is 2.00 bits per heavy atom. The molecule has 1 aliphatic rings. The van der Waals surface area contributed by atoms with Gasteiger partial charge < -0.3 is 20.2 Å². The van der Waals surface area contributed by atoms with Crippen LogP contribution in [0.25, 0.3) is 10.9 Å². The highest BCUT2D eigenvalue weighted by Gasteiger charge is 2.34. The average molecular weight is 356 g/mol. The number of likely N-dealkylation sites (tertiary alicyclic amines) is 1. The Morgan fingerprint density at radius 1 is 1.23 bits per heavy atom. The molecule has 3 amide bonds. The molecule has 1 aromatic carbocycles. The number of nitrogens with zero attached hydrogens (tertiary/aromatic N) is 3. The molecule has 7 heteroatoms. The molecular weight excluding hydrogens is 332 g/mol. The zero-order valence-corrected chi connectivity index (χ0v) is 15.1. The van der Waals surface area contributed by atoms with Crippen molar-refractivity contribution in [3.05, 3.63) is 42.1 Å². The molecule has 2 atom stereocenters. The summed E-state index contributed by atoms with van der Waals surface area (Å²) in [4.78, 5) is 31.4. The van der Waals surface area contributed by atoms with Crippen LogP contribution in [0.1, 0.15) is 5.69 Å². The number of hydrogen-bond acceptors (Lipinski definition) is 4. The van der Waals surface area contributed by atoms with Gasteiger partial charge in [-0.05, 0) is 18.6 Å². The van der Waals surface area contributed by atoms with E-state index < -0.39 is 6.10 Å². The lowest BCUT2D eigenvalue weighted by Crippen LogP contribution is -2.42. The number of fused-ring (bicyclic) bond motifs is 1. The number of nitrogens with one attached hydrogen (secondary N) is 1. The van der Waals surface area contributed by atoms with E-state index in [0.29, 0.717) is 13.0 Å². The van der Waals surface area contributed by atoms with Crippen molar-refractivity contribution in [2.24, 2.45) is 5.92 Å². The van der Waals surface area contributed by atoms with Crippen LogP contribution < -0.4 is 5.32 Å². The standard InChI is InChI=1S/C19H24N4O3/c1-22(2)19(26)20-10-18(25)23-11-14(17(24)12-23)9-15-8-7-13-5-3-4-6-16(13)21-15/h3-8,14,17,24H,9-12H2,1-2H3,(H,20,26)/t14-,17-/m1/s1. The highest BCUT2D eigenvalue weighted by Crippen LogP contribution is 2.22. The number of carbonyl (C=O) groups excluding carboxylic acids is 2. The molecule has 1 aromatic heterocycles. The number of pyridine rings is 1. The lowest BCUT2D eigenvalue weighted by Gasteiger charge is -2.18. The van der Waals surface area contributed by atoms with E-state index >= 15 is 0 Å². The molecule has 0 unspecified atom stereocenters. The van der Waals surface area contributed by atoms with Gasteiger partial charge in [-0.2, -0.15) is 0 Å². The number of β-amino-alcohol motifs (C(OH)–C–C–N with tert-alkyl or cyclic N) is 1. The third kappa shape index (κ3) is 4.11. The molecule has 1 aliphatic heterocycles. The van der Waals surface area contributed by atoms with E-state index in [1.54, 1.807) is 19.0 Å². The predicted octanol–water partition coefficient (Wildman–Crippen LogP) is 0.868. The topological polar surface area (TPSA) is 85.8 Å². The summed E-state index contributed by atoms with van der Waals surface area (Å²) in [5.74, 6) is -0.245. The minimum absolute atomic E-state index is 0.0582. The van der Waals surface area contributed by atoms with E-state index in [-0.39, 0.29) is 30.9 Å². The van der Waals surface area contributed by atoms with Crippen molar-refractivity contribution in [3.8, 4) is 0 Å². The summed E-state index contributed by atoms with van der Waals surface area (Å²) < 4.78 is 0. The van der Waals surface area contributed by atoms with Crippen molar-refractivity contribution in [1.29, 1.82) is 0 Å². The summed E-state index contributed by atoms with van der Waals surface area (Å²) in [5, 5.41) is 14.0. The Labute approximate surface area is 152 Å². The molecule has 1 fully saturated rings. The maximum atomic E-state index is 12.3. The van der Waals surface area contributed by atoms with E-state index in [1.807, 2.05) is 36.4 Å². The molecule has 0 bridgehead atoms. The first-order valence-corrected chi connectivity index (χ1v) is 8.69. The van der Waals surface area contributed by atoms with Gasteiger partial charge in [-0.1, -0.05) is 24.3 Å². The van der Waals surface area contributed by atoms with Crippen LogP contribution in [-0.4, -0.2) is 71.7 Å². The number of aliphatic hydroxyl groups excluding tert-OH is 1. The summed E-state index contributed by atoms with van der Waals surface area (Å²) in [6.45, 7) is 0.686. The molecule has 2 N–H and O–H groups in total. The number of amides is 3. The number of para-hydroxylation sites is 1. The smallest absolute Gasteiger partial charge is 0.317 e. The van der Waals surface area contributed by atoms with Gasteiger partial charge in [-0.15, -0.1) is 0 Å². The SMILES string of the molecule is CN(C)C(=O)NCC(=O)N1C[C@@H](Cc2ccc3ccccc3n2)[C@H](O)C1. The number of rotatable bonds is 4. The molecule has 0 aliphatic carbocycles. The summed E-state index contributed by atoms with van der Waals surface area (Å²) in [5.41, 5.74) is 1.83. The Bertz CT molecular complexity index is 808. The summed E-state index contributed by atoms with van der Waals surface area (Å²) in [6.07, 6.45) is 0.0246. The molecule has 2 aromatic rings. The van der Waals surface area contributed by atoms with Crippen LogP contribution in [0.2, 0.25) is 0 Å². The maximum absolute atomic E-state index is 12.3. The van der Waals surface area contributed by atoms with Crippen molar-refractivity contribution in [3.63, 3.8) is 0 Å². The average Bonchev–Trinajstić information content (AvgIpc) is 2.99. The summed E-state index contributed by atoms with van der Waals surface area (Å²) in [6, 6.07) is 11.6. The van der Waals surface area contributed by atoms with Gasteiger partial charge in [0.15, 0.2) is 0 Å². The number of urea groups is 1. The fourth-order valence-corrected chi connectivity index (χ4v) is 3.17. The molecular formula is C19H24N4O3. The Morgan fingerprint density at radius 3 is 2.77 bits per heavy atom. The normalized spacial score (nSPS) is 19.6. The summed E-state index contributed by atoms with van der Waals surface area (Å²) in [7, 11) is 3.23. The first kappa shape index (κ1) is 18.1. The first-order chi connectivity index (χ1) is 12.4. The molecule has 26 heavy (non-hydrogen) atoms. The van der Waals surface area contributed by atoms with Gasteiger partial charge in [0.1, 0.15) is 0 Å². The predicted molar refractivity (Wildman–Crippen MR) is 98.6 cm³/mol.